The number of fused-ring (bicyclic) bond motifs is 1. The number of thioether (sulfide) groups is 1. The molecule has 0 N–H and O–H groups in total. The van der Waals surface area contributed by atoms with Gasteiger partial charge in [0.1, 0.15) is 11.6 Å². The number of benzene rings is 2. The van der Waals surface area contributed by atoms with E-state index >= 15 is 0 Å². The minimum Gasteiger partial charge on any atom is -0.467 e. The first-order valence-electron chi connectivity index (χ1n) is 9.75. The van der Waals surface area contributed by atoms with Crippen LogP contribution in [0.3, 0.4) is 0 Å². The summed E-state index contributed by atoms with van der Waals surface area (Å²) in [5, 5.41) is 1.15. The van der Waals surface area contributed by atoms with Gasteiger partial charge in [-0.2, -0.15) is 0 Å². The average Bonchev–Trinajstić information content (AvgIpc) is 3.30. The largest absolute Gasteiger partial charge is 0.467 e. The summed E-state index contributed by atoms with van der Waals surface area (Å²) in [6.07, 6.45) is 1.54. The van der Waals surface area contributed by atoms with Crippen LogP contribution in [0.5, 0.6) is 0 Å². The molecule has 0 bridgehead atoms. The molecule has 2 heterocycles. The van der Waals surface area contributed by atoms with Crippen molar-refractivity contribution in [2.24, 2.45) is 0 Å². The van der Waals surface area contributed by atoms with Gasteiger partial charge in [-0.1, -0.05) is 41.6 Å². The normalized spacial score (nSPS) is 11.1. The van der Waals surface area contributed by atoms with Crippen molar-refractivity contribution >= 4 is 40.2 Å². The number of halogens is 2. The van der Waals surface area contributed by atoms with Crippen LogP contribution in [0.2, 0.25) is 5.02 Å². The second-order valence-electron chi connectivity index (χ2n) is 7.12. The zero-order valence-electron chi connectivity index (χ0n) is 17.1. The lowest BCUT2D eigenvalue weighted by Gasteiger charge is -2.19. The van der Waals surface area contributed by atoms with Gasteiger partial charge >= 0.3 is 0 Å². The van der Waals surface area contributed by atoms with Crippen molar-refractivity contribution in [1.82, 2.24) is 14.5 Å². The summed E-state index contributed by atoms with van der Waals surface area (Å²) in [6.45, 7) is 0.232. The second-order valence-corrected chi connectivity index (χ2v) is 8.47. The third-order valence-corrected chi connectivity index (χ3v) is 6.24. The summed E-state index contributed by atoms with van der Waals surface area (Å²) in [5.74, 6) is -0.0934. The minimum atomic E-state index is -0.465. The first-order valence-corrected chi connectivity index (χ1v) is 11.1. The molecule has 0 saturated heterocycles. The average molecular weight is 472 g/mol. The summed E-state index contributed by atoms with van der Waals surface area (Å²) in [6, 6.07) is 15.0. The van der Waals surface area contributed by atoms with Crippen molar-refractivity contribution in [2.75, 3.05) is 12.8 Å². The van der Waals surface area contributed by atoms with Gasteiger partial charge in [0.05, 0.1) is 29.5 Å². The zero-order valence-corrected chi connectivity index (χ0v) is 18.7. The van der Waals surface area contributed by atoms with E-state index in [9.17, 15) is 14.0 Å². The molecule has 0 saturated carbocycles. The molecule has 0 aliphatic carbocycles. The van der Waals surface area contributed by atoms with Crippen LogP contribution in [0.4, 0.5) is 4.39 Å². The van der Waals surface area contributed by atoms with Crippen molar-refractivity contribution in [3.63, 3.8) is 0 Å². The van der Waals surface area contributed by atoms with E-state index in [-0.39, 0.29) is 40.9 Å². The number of hydrogen-bond donors (Lipinski definition) is 0. The summed E-state index contributed by atoms with van der Waals surface area (Å²) in [5.41, 5.74) is 0.594. The molecule has 0 unspecified atom stereocenters. The van der Waals surface area contributed by atoms with Crippen molar-refractivity contribution in [3.8, 4) is 0 Å². The number of carbonyl (C=O) groups excluding carboxylic acids is 1. The van der Waals surface area contributed by atoms with Gasteiger partial charge in [-0.3, -0.25) is 14.2 Å². The topological polar surface area (TPSA) is 68.3 Å². The van der Waals surface area contributed by atoms with E-state index in [2.05, 4.69) is 4.98 Å². The fourth-order valence-electron chi connectivity index (χ4n) is 3.20. The lowest BCUT2D eigenvalue weighted by Crippen LogP contribution is -2.29. The van der Waals surface area contributed by atoms with Crippen LogP contribution in [-0.4, -0.2) is 33.2 Å². The standard InChI is InChI=1S/C23H19ClFN3O3S/c1-27(13-17-18(24)8-4-9-19(17)25)21(29)14-32-23-26-20-10-3-2-7-16(20)22(30)28(23)12-15-6-5-11-31-15/h2-11H,12-14H2,1H3. The lowest BCUT2D eigenvalue weighted by molar-refractivity contribution is -0.127. The van der Waals surface area contributed by atoms with Crippen LogP contribution in [-0.2, 0) is 17.9 Å². The van der Waals surface area contributed by atoms with Gasteiger partial charge in [-0.25, -0.2) is 9.37 Å². The fraction of sp³-hybridized carbons (Fsp3) is 0.174. The third-order valence-electron chi connectivity index (χ3n) is 4.93. The Morgan fingerprint density at radius 1 is 1.19 bits per heavy atom. The van der Waals surface area contributed by atoms with E-state index in [1.807, 2.05) is 0 Å². The number of furan rings is 1. The Bertz CT molecular complexity index is 1300. The molecule has 0 aliphatic rings. The molecular formula is C23H19ClFN3O3S. The molecule has 4 rings (SSSR count). The van der Waals surface area contributed by atoms with Crippen LogP contribution in [0, 0.1) is 5.82 Å². The monoisotopic (exact) mass is 471 g/mol. The van der Waals surface area contributed by atoms with Crippen molar-refractivity contribution in [1.29, 1.82) is 0 Å². The van der Waals surface area contributed by atoms with Gasteiger partial charge in [0, 0.05) is 24.2 Å². The summed E-state index contributed by atoms with van der Waals surface area (Å²) in [4.78, 5) is 31.8. The maximum Gasteiger partial charge on any atom is 0.262 e. The molecule has 9 heteroatoms. The van der Waals surface area contributed by atoms with E-state index in [0.717, 1.165) is 11.8 Å². The lowest BCUT2D eigenvalue weighted by atomic mass is 10.2. The van der Waals surface area contributed by atoms with Crippen molar-refractivity contribution in [2.45, 2.75) is 18.2 Å². The summed E-state index contributed by atoms with van der Waals surface area (Å²) < 4.78 is 21.0. The molecular weight excluding hydrogens is 453 g/mol. The number of nitrogens with zero attached hydrogens (tertiary/aromatic N) is 3. The number of aromatic nitrogens is 2. The van der Waals surface area contributed by atoms with E-state index in [0.29, 0.717) is 21.8 Å². The van der Waals surface area contributed by atoms with Crippen molar-refractivity contribution in [3.05, 3.63) is 93.4 Å². The van der Waals surface area contributed by atoms with Crippen LogP contribution >= 0.6 is 23.4 Å². The van der Waals surface area contributed by atoms with Gasteiger partial charge in [0.15, 0.2) is 5.16 Å². The Kier molecular flexibility index (Phi) is 6.62. The molecule has 2 aromatic carbocycles. The van der Waals surface area contributed by atoms with E-state index < -0.39 is 5.82 Å². The molecule has 1 amide bonds. The Hall–Kier alpha value is -3.10. The predicted molar refractivity (Wildman–Crippen MR) is 122 cm³/mol. The maximum atomic E-state index is 14.1. The van der Waals surface area contributed by atoms with Gasteiger partial charge in [0.25, 0.3) is 5.56 Å². The molecule has 0 fully saturated rings. The van der Waals surface area contributed by atoms with Crippen molar-refractivity contribution < 1.29 is 13.6 Å². The first kappa shape index (κ1) is 22.1. The van der Waals surface area contributed by atoms with Gasteiger partial charge in [-0.15, -0.1) is 0 Å². The Morgan fingerprint density at radius 2 is 2.00 bits per heavy atom. The SMILES string of the molecule is CN(Cc1c(F)cccc1Cl)C(=O)CSc1nc2ccccc2c(=O)n1Cc1ccco1. The van der Waals surface area contributed by atoms with Crippen LogP contribution in [0.1, 0.15) is 11.3 Å². The molecule has 4 aromatic rings. The number of amides is 1. The Balaban J connectivity index is 1.56. The Morgan fingerprint density at radius 3 is 2.75 bits per heavy atom. The van der Waals surface area contributed by atoms with Gasteiger partial charge in [0.2, 0.25) is 5.91 Å². The second kappa shape index (κ2) is 9.58. The highest BCUT2D eigenvalue weighted by Gasteiger charge is 2.18. The molecule has 0 radical (unpaired) electrons. The molecule has 2 aromatic heterocycles. The highest BCUT2D eigenvalue weighted by atomic mass is 35.5. The van der Waals surface area contributed by atoms with Crippen LogP contribution in [0.15, 0.2) is 75.2 Å². The Labute approximate surface area is 192 Å². The summed E-state index contributed by atoms with van der Waals surface area (Å²) in [7, 11) is 1.58. The molecule has 6 nitrogen and oxygen atoms in total. The van der Waals surface area contributed by atoms with Crippen LogP contribution < -0.4 is 5.56 Å². The smallest absolute Gasteiger partial charge is 0.262 e. The van der Waals surface area contributed by atoms with E-state index in [1.165, 1.54) is 27.9 Å². The van der Waals surface area contributed by atoms with E-state index in [4.69, 9.17) is 16.0 Å². The highest BCUT2D eigenvalue weighted by Crippen LogP contribution is 2.22. The number of carbonyl (C=O) groups is 1. The molecule has 0 atom stereocenters. The molecule has 0 spiro atoms. The fourth-order valence-corrected chi connectivity index (χ4v) is 4.36. The summed E-state index contributed by atoms with van der Waals surface area (Å²) >= 11 is 7.22. The quantitative estimate of drug-likeness (QED) is 0.291. The highest BCUT2D eigenvalue weighted by molar-refractivity contribution is 7.99. The zero-order chi connectivity index (χ0) is 22.7. The number of rotatable bonds is 7. The third kappa shape index (κ3) is 4.71. The number of hydrogen-bond acceptors (Lipinski definition) is 5. The maximum absolute atomic E-state index is 14.1. The predicted octanol–water partition coefficient (Wildman–Crippen LogP) is 4.58. The molecule has 32 heavy (non-hydrogen) atoms. The molecule has 164 valence electrons. The minimum absolute atomic E-state index is 0.0194. The van der Waals surface area contributed by atoms with Gasteiger partial charge in [-0.05, 0) is 36.4 Å². The van der Waals surface area contributed by atoms with Gasteiger partial charge < -0.3 is 9.32 Å². The first-order chi connectivity index (χ1) is 15.4. The number of para-hydroxylation sites is 1. The van der Waals surface area contributed by atoms with E-state index in [1.54, 1.807) is 49.5 Å². The molecule has 0 aliphatic heterocycles. The van der Waals surface area contributed by atoms with Crippen LogP contribution in [0.25, 0.3) is 10.9 Å².